The summed E-state index contributed by atoms with van der Waals surface area (Å²) in [5.41, 5.74) is 1.48. The predicted molar refractivity (Wildman–Crippen MR) is 89.2 cm³/mol. The number of halogens is 1. The number of hydrogen-bond donors (Lipinski definition) is 1. The lowest BCUT2D eigenvalue weighted by Gasteiger charge is -2.21. The molecule has 4 heteroatoms. The molecule has 0 aliphatic heterocycles. The predicted octanol–water partition coefficient (Wildman–Crippen LogP) is 5.55. The number of benzene rings is 1. The molecule has 0 unspecified atom stereocenters. The molecular formula is C15H18BrNS2. The Hall–Kier alpha value is -0.290. The lowest BCUT2D eigenvalue weighted by atomic mass is 10.1. The van der Waals surface area contributed by atoms with E-state index in [2.05, 4.69) is 77.7 Å². The van der Waals surface area contributed by atoms with Crippen LogP contribution in [0.1, 0.15) is 26.3 Å². The summed E-state index contributed by atoms with van der Waals surface area (Å²) in [7, 11) is 0. The van der Waals surface area contributed by atoms with Crippen LogP contribution in [-0.2, 0) is 6.54 Å². The third kappa shape index (κ3) is 4.95. The first kappa shape index (κ1) is 15.1. The maximum atomic E-state index is 3.56. The Morgan fingerprint density at radius 3 is 2.68 bits per heavy atom. The normalized spacial score (nSPS) is 11.8. The first-order chi connectivity index (χ1) is 8.94. The Morgan fingerprint density at radius 2 is 2.05 bits per heavy atom. The largest absolute Gasteiger partial charge is 0.308 e. The lowest BCUT2D eigenvalue weighted by Crippen LogP contribution is -2.35. The van der Waals surface area contributed by atoms with E-state index in [9.17, 15) is 0 Å². The van der Waals surface area contributed by atoms with Crippen molar-refractivity contribution < 1.29 is 0 Å². The van der Waals surface area contributed by atoms with Crippen molar-refractivity contribution >= 4 is 39.0 Å². The fourth-order valence-corrected chi connectivity index (χ4v) is 3.97. The van der Waals surface area contributed by atoms with Crippen molar-refractivity contribution in [2.45, 2.75) is 42.0 Å². The molecule has 0 aliphatic carbocycles. The van der Waals surface area contributed by atoms with Gasteiger partial charge in [-0.1, -0.05) is 39.8 Å². The van der Waals surface area contributed by atoms with Crippen LogP contribution in [0.5, 0.6) is 0 Å². The van der Waals surface area contributed by atoms with Gasteiger partial charge in [0.1, 0.15) is 0 Å². The van der Waals surface area contributed by atoms with Crippen LogP contribution >= 0.6 is 39.0 Å². The zero-order valence-corrected chi connectivity index (χ0v) is 14.6. The number of hydrogen-bond acceptors (Lipinski definition) is 3. The number of thiophene rings is 1. The van der Waals surface area contributed by atoms with Gasteiger partial charge in [0.2, 0.25) is 0 Å². The van der Waals surface area contributed by atoms with Crippen molar-refractivity contribution in [3.63, 3.8) is 0 Å². The van der Waals surface area contributed by atoms with Gasteiger partial charge >= 0.3 is 0 Å². The summed E-state index contributed by atoms with van der Waals surface area (Å²) >= 11 is 7.18. The summed E-state index contributed by atoms with van der Waals surface area (Å²) in [6, 6.07) is 10.8. The highest BCUT2D eigenvalue weighted by molar-refractivity contribution is 9.10. The molecule has 0 atom stereocenters. The fourth-order valence-electron chi connectivity index (χ4n) is 1.56. The standard InChI is InChI=1S/C15H18BrNS2/c1-15(2,3)17-10-11-6-7-12(16)9-13(11)19-14-5-4-8-18-14/h4-9,17H,10H2,1-3H3. The van der Waals surface area contributed by atoms with Crippen molar-refractivity contribution in [3.05, 3.63) is 45.7 Å². The first-order valence-electron chi connectivity index (χ1n) is 6.19. The van der Waals surface area contributed by atoms with Crippen molar-refractivity contribution in [1.82, 2.24) is 5.32 Å². The van der Waals surface area contributed by atoms with E-state index >= 15 is 0 Å². The summed E-state index contributed by atoms with van der Waals surface area (Å²) in [6.45, 7) is 7.47. The van der Waals surface area contributed by atoms with Gasteiger partial charge < -0.3 is 5.32 Å². The van der Waals surface area contributed by atoms with E-state index in [1.807, 2.05) is 11.8 Å². The molecule has 19 heavy (non-hydrogen) atoms. The summed E-state index contributed by atoms with van der Waals surface area (Å²) < 4.78 is 2.46. The van der Waals surface area contributed by atoms with E-state index in [1.54, 1.807) is 11.3 Å². The molecule has 1 nitrogen and oxygen atoms in total. The average molecular weight is 356 g/mol. The Balaban J connectivity index is 2.18. The average Bonchev–Trinajstić information content (AvgIpc) is 2.79. The second-order valence-electron chi connectivity index (χ2n) is 5.39. The van der Waals surface area contributed by atoms with Gasteiger partial charge in [-0.15, -0.1) is 11.3 Å². The maximum Gasteiger partial charge on any atom is 0.0646 e. The fraction of sp³-hybridized carbons (Fsp3) is 0.333. The van der Waals surface area contributed by atoms with Gasteiger partial charge in [0.15, 0.2) is 0 Å². The molecule has 0 saturated carbocycles. The van der Waals surface area contributed by atoms with Crippen LogP contribution in [0.25, 0.3) is 0 Å². The van der Waals surface area contributed by atoms with Gasteiger partial charge in [-0.05, 0) is 49.9 Å². The minimum Gasteiger partial charge on any atom is -0.308 e. The summed E-state index contributed by atoms with van der Waals surface area (Å²) in [5, 5.41) is 5.67. The second-order valence-corrected chi connectivity index (χ2v) is 8.60. The monoisotopic (exact) mass is 355 g/mol. The van der Waals surface area contributed by atoms with Gasteiger partial charge in [0.05, 0.1) is 4.21 Å². The van der Waals surface area contributed by atoms with Gasteiger partial charge in [0.25, 0.3) is 0 Å². The first-order valence-corrected chi connectivity index (χ1v) is 8.68. The highest BCUT2D eigenvalue weighted by Crippen LogP contribution is 2.35. The molecule has 0 spiro atoms. The molecule has 0 aliphatic rings. The van der Waals surface area contributed by atoms with Gasteiger partial charge in [-0.25, -0.2) is 0 Å². The Labute approximate surface area is 131 Å². The van der Waals surface area contributed by atoms with Crippen LogP contribution in [-0.4, -0.2) is 5.54 Å². The SMILES string of the molecule is CC(C)(C)NCc1ccc(Br)cc1Sc1cccs1. The molecule has 102 valence electrons. The summed E-state index contributed by atoms with van der Waals surface area (Å²) in [4.78, 5) is 1.31. The lowest BCUT2D eigenvalue weighted by molar-refractivity contribution is 0.422. The van der Waals surface area contributed by atoms with E-state index in [-0.39, 0.29) is 5.54 Å². The third-order valence-electron chi connectivity index (χ3n) is 2.54. The van der Waals surface area contributed by atoms with Crippen LogP contribution in [0.2, 0.25) is 0 Å². The van der Waals surface area contributed by atoms with Crippen LogP contribution in [0, 0.1) is 0 Å². The molecule has 0 fully saturated rings. The zero-order valence-electron chi connectivity index (χ0n) is 11.4. The van der Waals surface area contributed by atoms with E-state index < -0.39 is 0 Å². The molecule has 1 aromatic heterocycles. The van der Waals surface area contributed by atoms with Gasteiger partial charge in [-0.2, -0.15) is 0 Å². The number of nitrogens with one attached hydrogen (secondary N) is 1. The Kier molecular flexibility index (Phi) is 5.12. The molecule has 1 heterocycles. The highest BCUT2D eigenvalue weighted by Gasteiger charge is 2.11. The van der Waals surface area contributed by atoms with Gasteiger partial charge in [-0.3, -0.25) is 0 Å². The zero-order chi connectivity index (χ0) is 13.9. The van der Waals surface area contributed by atoms with Crippen LogP contribution in [0.15, 0.2) is 49.3 Å². The molecule has 0 bridgehead atoms. The minimum atomic E-state index is 0.137. The molecule has 0 radical (unpaired) electrons. The molecular weight excluding hydrogens is 338 g/mol. The van der Waals surface area contributed by atoms with E-state index in [1.165, 1.54) is 14.7 Å². The van der Waals surface area contributed by atoms with Crippen molar-refractivity contribution in [1.29, 1.82) is 0 Å². The Morgan fingerprint density at radius 1 is 1.26 bits per heavy atom. The molecule has 1 N–H and O–H groups in total. The van der Waals surface area contributed by atoms with Crippen LogP contribution in [0.3, 0.4) is 0 Å². The topological polar surface area (TPSA) is 12.0 Å². The van der Waals surface area contributed by atoms with Crippen molar-refractivity contribution in [3.8, 4) is 0 Å². The molecule has 2 rings (SSSR count). The van der Waals surface area contributed by atoms with Crippen LogP contribution < -0.4 is 5.32 Å². The number of rotatable bonds is 4. The Bertz CT molecular complexity index is 530. The van der Waals surface area contributed by atoms with E-state index in [0.717, 1.165) is 11.0 Å². The molecule has 0 saturated heterocycles. The third-order valence-corrected chi connectivity index (χ3v) is 5.17. The summed E-state index contributed by atoms with van der Waals surface area (Å²) in [5.74, 6) is 0. The molecule has 1 aromatic carbocycles. The van der Waals surface area contributed by atoms with E-state index in [4.69, 9.17) is 0 Å². The van der Waals surface area contributed by atoms with Crippen LogP contribution in [0.4, 0.5) is 0 Å². The quantitative estimate of drug-likeness (QED) is 0.771. The molecule has 0 amide bonds. The molecule has 2 aromatic rings. The maximum absolute atomic E-state index is 3.56. The van der Waals surface area contributed by atoms with Crippen molar-refractivity contribution in [2.75, 3.05) is 0 Å². The smallest absolute Gasteiger partial charge is 0.0646 e. The summed E-state index contributed by atoms with van der Waals surface area (Å²) in [6.07, 6.45) is 0. The minimum absolute atomic E-state index is 0.137. The second kappa shape index (κ2) is 6.44. The van der Waals surface area contributed by atoms with Gasteiger partial charge in [0, 0.05) is 21.5 Å². The highest BCUT2D eigenvalue weighted by atomic mass is 79.9. The van der Waals surface area contributed by atoms with Crippen molar-refractivity contribution in [2.24, 2.45) is 0 Å². The van der Waals surface area contributed by atoms with E-state index in [0.29, 0.717) is 0 Å².